The SMILES string of the molecule is C=CC(=O)N1CC(C)N(c2nc(=O)n3c4c(c(-c5ccc(F)cc5F)c(Cl)cc24)OCC3CN(C)C)C[C@H]1C. The van der Waals surface area contributed by atoms with Crippen LogP contribution < -0.4 is 15.3 Å². The molecule has 0 spiro atoms. The van der Waals surface area contributed by atoms with E-state index in [2.05, 4.69) is 11.6 Å². The van der Waals surface area contributed by atoms with E-state index in [1.54, 1.807) is 15.5 Å². The maximum absolute atomic E-state index is 15.0. The molecule has 11 heteroatoms. The zero-order valence-electron chi connectivity index (χ0n) is 22.2. The van der Waals surface area contributed by atoms with Crippen LogP contribution in [0.1, 0.15) is 19.9 Å². The van der Waals surface area contributed by atoms with Crippen molar-refractivity contribution in [1.29, 1.82) is 0 Å². The monoisotopic (exact) mass is 557 g/mol. The molecule has 0 aliphatic carbocycles. The fourth-order valence-electron chi connectivity index (χ4n) is 5.62. The minimum atomic E-state index is -0.792. The Bertz CT molecular complexity index is 1540. The van der Waals surface area contributed by atoms with Crippen molar-refractivity contribution in [1.82, 2.24) is 19.4 Å². The van der Waals surface area contributed by atoms with Crippen LogP contribution in [-0.2, 0) is 4.79 Å². The summed E-state index contributed by atoms with van der Waals surface area (Å²) >= 11 is 6.78. The lowest BCUT2D eigenvalue weighted by molar-refractivity contribution is -0.128. The molecule has 2 aliphatic heterocycles. The molecule has 1 aromatic heterocycles. The van der Waals surface area contributed by atoms with E-state index in [4.69, 9.17) is 16.3 Å². The van der Waals surface area contributed by atoms with E-state index in [9.17, 15) is 18.4 Å². The van der Waals surface area contributed by atoms with Crippen LogP contribution in [0, 0.1) is 11.6 Å². The lowest BCUT2D eigenvalue weighted by Crippen LogP contribution is -2.58. The fraction of sp³-hybridized carbons (Fsp3) is 0.393. The molecular formula is C28H30ClF2N5O3. The van der Waals surface area contributed by atoms with Crippen molar-refractivity contribution >= 4 is 34.2 Å². The molecule has 3 heterocycles. The Morgan fingerprint density at radius 2 is 1.97 bits per heavy atom. The van der Waals surface area contributed by atoms with Crippen LogP contribution in [0.4, 0.5) is 14.6 Å². The maximum atomic E-state index is 15.0. The molecular weight excluding hydrogens is 528 g/mol. The van der Waals surface area contributed by atoms with E-state index in [1.165, 1.54) is 12.1 Å². The number of amides is 1. The molecule has 3 aromatic rings. The summed E-state index contributed by atoms with van der Waals surface area (Å²) in [4.78, 5) is 36.3. The number of aromatic nitrogens is 2. The Balaban J connectivity index is 1.76. The van der Waals surface area contributed by atoms with Crippen LogP contribution in [0.25, 0.3) is 22.0 Å². The van der Waals surface area contributed by atoms with Gasteiger partial charge in [0.2, 0.25) is 5.91 Å². The van der Waals surface area contributed by atoms with Crippen molar-refractivity contribution in [3.63, 3.8) is 0 Å². The second kappa shape index (κ2) is 10.2. The fourth-order valence-corrected chi connectivity index (χ4v) is 5.92. The van der Waals surface area contributed by atoms with Crippen LogP contribution in [0.3, 0.4) is 0 Å². The van der Waals surface area contributed by atoms with Gasteiger partial charge in [-0.2, -0.15) is 4.98 Å². The van der Waals surface area contributed by atoms with Crippen LogP contribution in [-0.4, -0.2) is 77.7 Å². The first-order valence-electron chi connectivity index (χ1n) is 12.7. The van der Waals surface area contributed by atoms with E-state index in [0.29, 0.717) is 36.4 Å². The van der Waals surface area contributed by atoms with Crippen LogP contribution >= 0.6 is 11.6 Å². The van der Waals surface area contributed by atoms with E-state index in [1.807, 2.05) is 37.7 Å². The summed E-state index contributed by atoms with van der Waals surface area (Å²) in [6, 6.07) is 4.23. The van der Waals surface area contributed by atoms with Crippen molar-refractivity contribution in [2.24, 2.45) is 0 Å². The number of anilines is 1. The zero-order chi connectivity index (χ0) is 28.2. The van der Waals surface area contributed by atoms with Crippen molar-refractivity contribution in [3.05, 3.63) is 64.1 Å². The number of benzene rings is 2. The van der Waals surface area contributed by atoms with Crippen LogP contribution in [0.15, 0.2) is 41.7 Å². The largest absolute Gasteiger partial charge is 0.488 e. The summed E-state index contributed by atoms with van der Waals surface area (Å²) in [5.74, 6) is -0.998. The average Bonchev–Trinajstić information content (AvgIpc) is 2.87. The van der Waals surface area contributed by atoms with E-state index in [-0.39, 0.29) is 52.5 Å². The molecule has 1 saturated heterocycles. The summed E-state index contributed by atoms with van der Waals surface area (Å²) in [7, 11) is 3.79. The van der Waals surface area contributed by atoms with Gasteiger partial charge in [0.15, 0.2) is 5.75 Å². The number of likely N-dealkylation sites (N-methyl/N-ethyl adjacent to an activating group) is 1. The van der Waals surface area contributed by atoms with E-state index in [0.717, 1.165) is 12.1 Å². The summed E-state index contributed by atoms with van der Waals surface area (Å²) in [6.45, 7) is 8.98. The lowest BCUT2D eigenvalue weighted by atomic mass is 9.99. The molecule has 39 heavy (non-hydrogen) atoms. The quantitative estimate of drug-likeness (QED) is 0.440. The molecule has 0 radical (unpaired) electrons. The smallest absolute Gasteiger partial charge is 0.350 e. The van der Waals surface area contributed by atoms with Gasteiger partial charge in [0.25, 0.3) is 0 Å². The van der Waals surface area contributed by atoms with Gasteiger partial charge in [0, 0.05) is 54.3 Å². The Morgan fingerprint density at radius 3 is 2.64 bits per heavy atom. The molecule has 1 amide bonds. The van der Waals surface area contributed by atoms with Crippen LogP contribution in [0.2, 0.25) is 5.02 Å². The highest BCUT2D eigenvalue weighted by Gasteiger charge is 2.36. The van der Waals surface area contributed by atoms with Gasteiger partial charge in [-0.25, -0.2) is 13.6 Å². The van der Waals surface area contributed by atoms with Gasteiger partial charge in [-0.1, -0.05) is 18.2 Å². The molecule has 2 aromatic carbocycles. The van der Waals surface area contributed by atoms with Crippen LogP contribution in [0.5, 0.6) is 5.75 Å². The summed E-state index contributed by atoms with van der Waals surface area (Å²) in [5, 5.41) is 0.760. The number of hydrogen-bond donors (Lipinski definition) is 0. The highest BCUT2D eigenvalue weighted by atomic mass is 35.5. The molecule has 0 N–H and O–H groups in total. The van der Waals surface area contributed by atoms with Gasteiger partial charge in [-0.15, -0.1) is 0 Å². The minimum Gasteiger partial charge on any atom is -0.488 e. The highest BCUT2D eigenvalue weighted by Crippen LogP contribution is 2.47. The van der Waals surface area contributed by atoms with Crippen molar-refractivity contribution < 1.29 is 18.3 Å². The molecule has 0 saturated carbocycles. The van der Waals surface area contributed by atoms with Gasteiger partial charge in [0.05, 0.1) is 16.6 Å². The first-order valence-corrected chi connectivity index (χ1v) is 13.1. The van der Waals surface area contributed by atoms with E-state index < -0.39 is 17.3 Å². The molecule has 2 aliphatic rings. The molecule has 1 fully saturated rings. The second-order valence-corrected chi connectivity index (χ2v) is 10.9. The predicted molar refractivity (Wildman–Crippen MR) is 148 cm³/mol. The van der Waals surface area contributed by atoms with E-state index >= 15 is 0 Å². The summed E-state index contributed by atoms with van der Waals surface area (Å²) in [6.07, 6.45) is 1.30. The van der Waals surface area contributed by atoms with Gasteiger partial charge >= 0.3 is 5.69 Å². The molecule has 206 valence electrons. The highest BCUT2D eigenvalue weighted by molar-refractivity contribution is 6.35. The number of piperazine rings is 1. The van der Waals surface area contributed by atoms with Crippen molar-refractivity contribution in [3.8, 4) is 16.9 Å². The molecule has 8 nitrogen and oxygen atoms in total. The number of hydrogen-bond acceptors (Lipinski definition) is 6. The molecule has 0 bridgehead atoms. The third-order valence-corrected chi connectivity index (χ3v) is 7.67. The normalized spacial score (nSPS) is 20.9. The van der Waals surface area contributed by atoms with Gasteiger partial charge in [-0.05, 0) is 52.2 Å². The number of carbonyl (C=O) groups is 1. The number of halogens is 3. The Morgan fingerprint density at radius 1 is 1.23 bits per heavy atom. The first-order chi connectivity index (χ1) is 18.5. The number of carbonyl (C=O) groups excluding carboxylic acids is 1. The predicted octanol–water partition coefficient (Wildman–Crippen LogP) is 4.10. The van der Waals surface area contributed by atoms with Crippen molar-refractivity contribution in [2.75, 3.05) is 45.2 Å². The van der Waals surface area contributed by atoms with Gasteiger partial charge in [-0.3, -0.25) is 9.36 Å². The molecule has 5 rings (SSSR count). The number of rotatable bonds is 5. The van der Waals surface area contributed by atoms with Gasteiger partial charge in [0.1, 0.15) is 24.1 Å². The third kappa shape index (κ3) is 4.65. The summed E-state index contributed by atoms with van der Waals surface area (Å²) < 4.78 is 36.5. The Hall–Kier alpha value is -3.50. The Kier molecular flexibility index (Phi) is 7.11. The third-order valence-electron chi connectivity index (χ3n) is 7.37. The number of nitrogens with zero attached hydrogens (tertiary/aromatic N) is 5. The lowest BCUT2D eigenvalue weighted by Gasteiger charge is -2.45. The minimum absolute atomic E-state index is 0.0697. The topological polar surface area (TPSA) is 70.9 Å². The first kappa shape index (κ1) is 27.1. The summed E-state index contributed by atoms with van der Waals surface area (Å²) in [5.41, 5.74) is 0.306. The standard InChI is InChI=1S/C28H30ClF2N5O3/c1-6-23(37)34-11-16(3)35(12-15(34)2)27-20-10-21(29)24(19-8-7-17(30)9-22(19)31)26-25(20)36(28(38)32-27)18(14-39-26)13-33(4)5/h6-10,15-16,18H,1,11-14H2,2-5H3/t15-,16?,18?/m1/s1. The van der Waals surface area contributed by atoms with Gasteiger partial charge < -0.3 is 19.4 Å². The number of ether oxygens (including phenoxy) is 1. The maximum Gasteiger partial charge on any atom is 0.350 e. The average molecular weight is 558 g/mol. The molecule has 3 atom stereocenters. The molecule has 2 unspecified atom stereocenters. The zero-order valence-corrected chi connectivity index (χ0v) is 23.0. The van der Waals surface area contributed by atoms with Crippen molar-refractivity contribution in [2.45, 2.75) is 32.0 Å². The second-order valence-electron chi connectivity index (χ2n) is 10.4. The Labute approximate surface area is 230 Å².